The molecule has 0 saturated carbocycles. The lowest BCUT2D eigenvalue weighted by atomic mass is 10.0. The zero-order valence-corrected chi connectivity index (χ0v) is 5.61. The lowest BCUT2D eigenvalue weighted by Gasteiger charge is -1.89. The van der Waals surface area contributed by atoms with E-state index in [9.17, 15) is 4.79 Å². The number of nitrogens with zero attached hydrogens (tertiary/aromatic N) is 2. The number of nitrogens with one attached hydrogen (secondary N) is 1. The molecule has 1 N–H and O–H groups in total. The van der Waals surface area contributed by atoms with Crippen LogP contribution < -0.4 is 11.0 Å². The van der Waals surface area contributed by atoms with Crippen LogP contribution in [0.3, 0.4) is 0 Å². The summed E-state index contributed by atoms with van der Waals surface area (Å²) in [5.41, 5.74) is 0.784. The summed E-state index contributed by atoms with van der Waals surface area (Å²) in [7, 11) is 5.49. The standard InChI is InChI=1S/C6H4BN3O/c7-4-3-9-10-5(11)1-2-8-6(4)10/h1-3,9H. The molecule has 0 fully saturated rings. The van der Waals surface area contributed by atoms with Gasteiger partial charge in [-0.2, -0.15) is 0 Å². The summed E-state index contributed by atoms with van der Waals surface area (Å²) in [6.45, 7) is 0. The van der Waals surface area contributed by atoms with Gasteiger partial charge in [0, 0.05) is 18.5 Å². The molecule has 2 aromatic heterocycles. The first-order valence-corrected chi connectivity index (χ1v) is 3.09. The minimum absolute atomic E-state index is 0.160. The fraction of sp³-hybridized carbons (Fsp3) is 0. The molecule has 0 bridgehead atoms. The Morgan fingerprint density at radius 3 is 3.18 bits per heavy atom. The van der Waals surface area contributed by atoms with Crippen LogP contribution in [0.25, 0.3) is 5.65 Å². The number of rotatable bonds is 0. The molecule has 2 heterocycles. The maximum atomic E-state index is 11.0. The predicted octanol–water partition coefficient (Wildman–Crippen LogP) is -1.18. The zero-order chi connectivity index (χ0) is 7.84. The maximum absolute atomic E-state index is 11.0. The van der Waals surface area contributed by atoms with E-state index in [1.807, 2.05) is 0 Å². The summed E-state index contributed by atoms with van der Waals surface area (Å²) in [5, 5.41) is 2.67. The minimum atomic E-state index is -0.160. The van der Waals surface area contributed by atoms with Gasteiger partial charge < -0.3 is 0 Å². The van der Waals surface area contributed by atoms with E-state index in [1.54, 1.807) is 0 Å². The third kappa shape index (κ3) is 0.773. The third-order valence-corrected chi connectivity index (χ3v) is 1.45. The maximum Gasteiger partial charge on any atom is 0.272 e. The Kier molecular flexibility index (Phi) is 1.12. The Hall–Kier alpha value is -1.52. The number of aromatic amines is 1. The number of fused-ring (bicyclic) bond motifs is 1. The van der Waals surface area contributed by atoms with Crippen molar-refractivity contribution < 1.29 is 0 Å². The summed E-state index contributed by atoms with van der Waals surface area (Å²) in [6, 6.07) is 1.36. The molecule has 0 amide bonds. The summed E-state index contributed by atoms with van der Waals surface area (Å²) < 4.78 is 1.29. The molecular weight excluding hydrogens is 141 g/mol. The van der Waals surface area contributed by atoms with E-state index in [0.717, 1.165) is 0 Å². The first-order chi connectivity index (χ1) is 5.29. The van der Waals surface area contributed by atoms with Gasteiger partial charge in [-0.15, -0.1) is 0 Å². The Bertz CT molecular complexity index is 444. The highest BCUT2D eigenvalue weighted by atomic mass is 16.1. The van der Waals surface area contributed by atoms with Gasteiger partial charge in [-0.25, -0.2) is 9.50 Å². The molecule has 0 spiro atoms. The van der Waals surface area contributed by atoms with Crippen LogP contribution >= 0.6 is 0 Å². The quantitative estimate of drug-likeness (QED) is 0.474. The Morgan fingerprint density at radius 2 is 2.45 bits per heavy atom. The second-order valence-corrected chi connectivity index (χ2v) is 2.17. The molecule has 2 radical (unpaired) electrons. The van der Waals surface area contributed by atoms with Crippen molar-refractivity contribution in [2.75, 3.05) is 0 Å². The largest absolute Gasteiger partial charge is 0.297 e. The molecule has 0 aromatic carbocycles. The second-order valence-electron chi connectivity index (χ2n) is 2.17. The Balaban J connectivity index is 3.06. The Morgan fingerprint density at radius 1 is 1.64 bits per heavy atom. The zero-order valence-electron chi connectivity index (χ0n) is 5.61. The lowest BCUT2D eigenvalue weighted by Crippen LogP contribution is -2.14. The Labute approximate surface area is 63.3 Å². The van der Waals surface area contributed by atoms with Crippen molar-refractivity contribution in [1.82, 2.24) is 14.6 Å². The van der Waals surface area contributed by atoms with Crippen LogP contribution in [-0.4, -0.2) is 22.4 Å². The molecule has 0 unspecified atom stereocenters. The van der Waals surface area contributed by atoms with Gasteiger partial charge in [0.2, 0.25) is 0 Å². The van der Waals surface area contributed by atoms with Gasteiger partial charge in [0.25, 0.3) is 5.56 Å². The molecule has 52 valence electrons. The van der Waals surface area contributed by atoms with E-state index in [0.29, 0.717) is 11.1 Å². The fourth-order valence-electron chi connectivity index (χ4n) is 0.935. The normalized spacial score (nSPS) is 10.5. The monoisotopic (exact) mass is 145 g/mol. The molecule has 0 aliphatic heterocycles. The molecule has 11 heavy (non-hydrogen) atoms. The smallest absolute Gasteiger partial charge is 0.272 e. The van der Waals surface area contributed by atoms with E-state index >= 15 is 0 Å². The molecule has 5 heteroatoms. The summed E-state index contributed by atoms with van der Waals surface area (Å²) >= 11 is 0. The molecule has 2 rings (SSSR count). The average molecular weight is 145 g/mol. The van der Waals surface area contributed by atoms with Crippen LogP contribution in [0, 0.1) is 0 Å². The number of H-pyrrole nitrogens is 1. The van der Waals surface area contributed by atoms with Gasteiger partial charge in [-0.05, 0) is 5.46 Å². The van der Waals surface area contributed by atoms with E-state index in [-0.39, 0.29) is 5.56 Å². The van der Waals surface area contributed by atoms with Crippen molar-refractivity contribution in [3.8, 4) is 0 Å². The predicted molar refractivity (Wildman–Crippen MR) is 41.2 cm³/mol. The molecule has 0 saturated heterocycles. The van der Waals surface area contributed by atoms with Crippen molar-refractivity contribution in [3.63, 3.8) is 0 Å². The molecule has 2 aromatic rings. The molecular formula is C6H4BN3O. The van der Waals surface area contributed by atoms with Crippen LogP contribution in [0.1, 0.15) is 0 Å². The fourth-order valence-corrected chi connectivity index (χ4v) is 0.935. The van der Waals surface area contributed by atoms with Crippen molar-refractivity contribution in [2.24, 2.45) is 0 Å². The summed E-state index contributed by atoms with van der Waals surface area (Å²) in [6.07, 6.45) is 2.96. The van der Waals surface area contributed by atoms with E-state index in [4.69, 9.17) is 7.85 Å². The van der Waals surface area contributed by atoms with Crippen LogP contribution in [0.5, 0.6) is 0 Å². The highest BCUT2D eigenvalue weighted by Crippen LogP contribution is 1.85. The lowest BCUT2D eigenvalue weighted by molar-refractivity contribution is 0.899. The van der Waals surface area contributed by atoms with Gasteiger partial charge in [-0.1, -0.05) is 0 Å². The average Bonchev–Trinajstić information content (AvgIpc) is 2.35. The van der Waals surface area contributed by atoms with Crippen LogP contribution in [0.2, 0.25) is 0 Å². The molecule has 0 aliphatic carbocycles. The third-order valence-electron chi connectivity index (χ3n) is 1.45. The van der Waals surface area contributed by atoms with E-state index in [2.05, 4.69) is 10.1 Å². The summed E-state index contributed by atoms with van der Waals surface area (Å²) in [5.74, 6) is 0. The van der Waals surface area contributed by atoms with E-state index < -0.39 is 0 Å². The van der Waals surface area contributed by atoms with Gasteiger partial charge >= 0.3 is 0 Å². The minimum Gasteiger partial charge on any atom is -0.297 e. The van der Waals surface area contributed by atoms with Crippen LogP contribution in [-0.2, 0) is 0 Å². The van der Waals surface area contributed by atoms with Crippen molar-refractivity contribution in [1.29, 1.82) is 0 Å². The van der Waals surface area contributed by atoms with E-state index in [1.165, 1.54) is 23.0 Å². The molecule has 0 aliphatic rings. The highest BCUT2D eigenvalue weighted by Gasteiger charge is 1.98. The number of aromatic nitrogens is 3. The van der Waals surface area contributed by atoms with Crippen molar-refractivity contribution in [2.45, 2.75) is 0 Å². The van der Waals surface area contributed by atoms with Crippen molar-refractivity contribution in [3.05, 3.63) is 28.8 Å². The van der Waals surface area contributed by atoms with Gasteiger partial charge in [0.15, 0.2) is 0 Å². The first kappa shape index (κ1) is 6.21. The number of hydrogen-bond donors (Lipinski definition) is 1. The molecule has 0 atom stereocenters. The van der Waals surface area contributed by atoms with Crippen LogP contribution in [0.15, 0.2) is 23.3 Å². The first-order valence-electron chi connectivity index (χ1n) is 3.09. The SMILES string of the molecule is [B]c1c[nH]n2c(=O)ccnc12. The molecule has 4 nitrogen and oxygen atoms in total. The van der Waals surface area contributed by atoms with Gasteiger partial charge in [0.1, 0.15) is 13.5 Å². The number of hydrogen-bond acceptors (Lipinski definition) is 2. The second kappa shape index (κ2) is 1.98. The van der Waals surface area contributed by atoms with Crippen molar-refractivity contribution >= 4 is 19.0 Å². The topological polar surface area (TPSA) is 50.2 Å². The van der Waals surface area contributed by atoms with Gasteiger partial charge in [0.05, 0.1) is 0 Å². The summed E-state index contributed by atoms with van der Waals surface area (Å²) in [4.78, 5) is 14.9. The highest BCUT2D eigenvalue weighted by molar-refractivity contribution is 6.36. The van der Waals surface area contributed by atoms with Crippen LogP contribution in [0.4, 0.5) is 0 Å². The van der Waals surface area contributed by atoms with Gasteiger partial charge in [-0.3, -0.25) is 9.89 Å².